The number of aliphatic hydroxyl groups excluding tert-OH is 1. The number of nitrogens with zero attached hydrogens (tertiary/aromatic N) is 1. The lowest BCUT2D eigenvalue weighted by Gasteiger charge is -2.24. The van der Waals surface area contributed by atoms with Gasteiger partial charge in [0.05, 0.1) is 13.2 Å². The van der Waals surface area contributed by atoms with Gasteiger partial charge in [0.25, 0.3) is 5.56 Å². The van der Waals surface area contributed by atoms with Crippen LogP contribution in [0, 0.1) is 0 Å². The molecule has 0 bridgehead atoms. The van der Waals surface area contributed by atoms with Gasteiger partial charge in [0.1, 0.15) is 0 Å². The zero-order chi connectivity index (χ0) is 13.1. The van der Waals surface area contributed by atoms with Crippen LogP contribution in [-0.2, 0) is 23.3 Å². The van der Waals surface area contributed by atoms with Crippen molar-refractivity contribution < 1.29 is 9.84 Å². The number of aliphatic hydroxyl groups is 1. The molecule has 1 aromatic rings. The van der Waals surface area contributed by atoms with Crippen molar-refractivity contribution in [3.05, 3.63) is 33.7 Å². The van der Waals surface area contributed by atoms with Crippen LogP contribution in [0.5, 0.6) is 0 Å². The summed E-state index contributed by atoms with van der Waals surface area (Å²) < 4.78 is 6.71. The molecule has 0 amide bonds. The fraction of sp³-hybridized carbons (Fsp3) is 0.615. The Hall–Kier alpha value is -1.13. The molecule has 0 aliphatic carbocycles. The van der Waals surface area contributed by atoms with Crippen molar-refractivity contribution >= 4 is 0 Å². The van der Waals surface area contributed by atoms with E-state index in [2.05, 4.69) is 20.8 Å². The van der Waals surface area contributed by atoms with Crippen molar-refractivity contribution in [2.75, 3.05) is 13.7 Å². The summed E-state index contributed by atoms with van der Waals surface area (Å²) in [6.07, 6.45) is 0. The van der Waals surface area contributed by atoms with Gasteiger partial charge in [0.2, 0.25) is 0 Å². The first-order valence-corrected chi connectivity index (χ1v) is 5.74. The lowest BCUT2D eigenvalue weighted by atomic mass is 9.91. The number of pyridine rings is 1. The maximum absolute atomic E-state index is 12.1. The lowest BCUT2D eigenvalue weighted by Crippen LogP contribution is -2.32. The van der Waals surface area contributed by atoms with Crippen LogP contribution in [-0.4, -0.2) is 23.4 Å². The number of rotatable bonds is 4. The van der Waals surface area contributed by atoms with Crippen molar-refractivity contribution in [3.63, 3.8) is 0 Å². The van der Waals surface area contributed by atoms with E-state index in [1.54, 1.807) is 17.7 Å². The van der Waals surface area contributed by atoms with Crippen molar-refractivity contribution in [2.24, 2.45) is 0 Å². The molecule has 0 saturated carbocycles. The van der Waals surface area contributed by atoms with Crippen LogP contribution in [0.1, 0.15) is 32.0 Å². The fourth-order valence-corrected chi connectivity index (χ4v) is 1.80. The van der Waals surface area contributed by atoms with Gasteiger partial charge < -0.3 is 14.4 Å². The maximum atomic E-state index is 12.1. The number of ether oxygens (including phenoxy) is 1. The summed E-state index contributed by atoms with van der Waals surface area (Å²) in [4.78, 5) is 12.1. The van der Waals surface area contributed by atoms with Gasteiger partial charge in [-0.15, -0.1) is 0 Å². The molecule has 17 heavy (non-hydrogen) atoms. The predicted octanol–water partition coefficient (Wildman–Crippen LogP) is 1.28. The third-order valence-corrected chi connectivity index (χ3v) is 2.71. The van der Waals surface area contributed by atoms with E-state index in [-0.39, 0.29) is 17.6 Å². The molecule has 0 unspecified atom stereocenters. The molecule has 0 radical (unpaired) electrons. The van der Waals surface area contributed by atoms with E-state index < -0.39 is 0 Å². The summed E-state index contributed by atoms with van der Waals surface area (Å²) in [7, 11) is 1.61. The van der Waals surface area contributed by atoms with Gasteiger partial charge in [-0.2, -0.15) is 0 Å². The third-order valence-electron chi connectivity index (χ3n) is 2.71. The van der Waals surface area contributed by atoms with Gasteiger partial charge in [0, 0.05) is 30.3 Å². The number of methoxy groups -OCH3 is 1. The summed E-state index contributed by atoms with van der Waals surface area (Å²) in [6, 6.07) is 3.61. The van der Waals surface area contributed by atoms with Gasteiger partial charge in [-0.3, -0.25) is 4.79 Å². The first kappa shape index (κ1) is 13.9. The van der Waals surface area contributed by atoms with E-state index in [4.69, 9.17) is 9.84 Å². The summed E-state index contributed by atoms with van der Waals surface area (Å²) in [6.45, 7) is 6.95. The zero-order valence-electron chi connectivity index (χ0n) is 11.0. The Morgan fingerprint density at radius 3 is 2.47 bits per heavy atom. The zero-order valence-corrected chi connectivity index (χ0v) is 11.0. The van der Waals surface area contributed by atoms with Crippen LogP contribution in [0.2, 0.25) is 0 Å². The van der Waals surface area contributed by atoms with Crippen molar-refractivity contribution in [1.29, 1.82) is 0 Å². The van der Waals surface area contributed by atoms with E-state index >= 15 is 0 Å². The second-order valence-electron chi connectivity index (χ2n) is 5.10. The molecular weight excluding hydrogens is 218 g/mol. The molecule has 1 heterocycles. The monoisotopic (exact) mass is 239 g/mol. The molecule has 4 nitrogen and oxygen atoms in total. The van der Waals surface area contributed by atoms with E-state index in [0.717, 1.165) is 5.69 Å². The molecule has 1 rings (SSSR count). The van der Waals surface area contributed by atoms with Gasteiger partial charge in [0.15, 0.2) is 0 Å². The van der Waals surface area contributed by atoms with Crippen molar-refractivity contribution in [2.45, 2.75) is 39.3 Å². The Labute approximate surface area is 102 Å². The molecule has 0 aromatic carbocycles. The van der Waals surface area contributed by atoms with Crippen LogP contribution in [0.25, 0.3) is 0 Å². The standard InChI is InChI=1S/C13H21NO3/c1-13(2,3)11-6-5-10(9-15)12(16)14(11)7-8-17-4/h5-6,15H,7-9H2,1-4H3. The smallest absolute Gasteiger partial charge is 0.256 e. The molecule has 0 spiro atoms. The Morgan fingerprint density at radius 1 is 1.35 bits per heavy atom. The highest BCUT2D eigenvalue weighted by Gasteiger charge is 2.19. The van der Waals surface area contributed by atoms with E-state index in [1.807, 2.05) is 6.07 Å². The Bertz CT molecular complexity index is 429. The van der Waals surface area contributed by atoms with Crippen LogP contribution >= 0.6 is 0 Å². The van der Waals surface area contributed by atoms with Crippen LogP contribution in [0.3, 0.4) is 0 Å². The largest absolute Gasteiger partial charge is 0.391 e. The topological polar surface area (TPSA) is 51.5 Å². The summed E-state index contributed by atoms with van der Waals surface area (Å²) in [5.41, 5.74) is 1.14. The van der Waals surface area contributed by atoms with Gasteiger partial charge >= 0.3 is 0 Å². The predicted molar refractivity (Wildman–Crippen MR) is 67.2 cm³/mol. The molecule has 0 saturated heterocycles. The van der Waals surface area contributed by atoms with Gasteiger partial charge in [-0.05, 0) is 12.1 Å². The quantitative estimate of drug-likeness (QED) is 0.861. The molecule has 0 fully saturated rings. The van der Waals surface area contributed by atoms with E-state index in [9.17, 15) is 4.79 Å². The molecule has 1 N–H and O–H groups in total. The minimum atomic E-state index is -0.226. The van der Waals surface area contributed by atoms with Crippen LogP contribution in [0.15, 0.2) is 16.9 Å². The second-order valence-corrected chi connectivity index (χ2v) is 5.10. The number of hydrogen-bond donors (Lipinski definition) is 1. The van der Waals surface area contributed by atoms with Crippen LogP contribution < -0.4 is 5.56 Å². The first-order valence-electron chi connectivity index (χ1n) is 5.74. The maximum Gasteiger partial charge on any atom is 0.256 e. The van der Waals surface area contributed by atoms with Crippen molar-refractivity contribution in [1.82, 2.24) is 4.57 Å². The normalized spacial score (nSPS) is 11.8. The average molecular weight is 239 g/mol. The molecule has 0 aliphatic rings. The minimum Gasteiger partial charge on any atom is -0.391 e. The summed E-state index contributed by atoms with van der Waals surface area (Å²) in [5.74, 6) is 0. The Balaban J connectivity index is 3.31. The van der Waals surface area contributed by atoms with Gasteiger partial charge in [-0.1, -0.05) is 20.8 Å². The highest BCUT2D eigenvalue weighted by atomic mass is 16.5. The molecule has 4 heteroatoms. The lowest BCUT2D eigenvalue weighted by molar-refractivity contribution is 0.183. The average Bonchev–Trinajstić information content (AvgIpc) is 2.25. The Kier molecular flexibility index (Phi) is 4.48. The summed E-state index contributed by atoms with van der Waals surface area (Å²) >= 11 is 0. The first-order chi connectivity index (χ1) is 7.91. The van der Waals surface area contributed by atoms with Crippen LogP contribution in [0.4, 0.5) is 0 Å². The van der Waals surface area contributed by atoms with Gasteiger partial charge in [-0.25, -0.2) is 0 Å². The molecule has 0 atom stereocenters. The van der Waals surface area contributed by atoms with E-state index in [1.165, 1.54) is 0 Å². The molecular formula is C13H21NO3. The molecule has 0 aliphatic heterocycles. The number of hydrogen-bond acceptors (Lipinski definition) is 3. The fourth-order valence-electron chi connectivity index (χ4n) is 1.80. The second kappa shape index (κ2) is 5.47. The summed E-state index contributed by atoms with van der Waals surface area (Å²) in [5, 5.41) is 9.12. The molecule has 1 aromatic heterocycles. The minimum absolute atomic E-state index is 0.110. The highest BCUT2D eigenvalue weighted by molar-refractivity contribution is 5.21. The third kappa shape index (κ3) is 3.17. The van der Waals surface area contributed by atoms with E-state index in [0.29, 0.717) is 18.7 Å². The van der Waals surface area contributed by atoms with Crippen molar-refractivity contribution in [3.8, 4) is 0 Å². The Morgan fingerprint density at radius 2 is 2.00 bits per heavy atom. The SMILES string of the molecule is COCCn1c(C(C)(C)C)ccc(CO)c1=O. The number of aromatic nitrogens is 1. The molecule has 96 valence electrons. The highest BCUT2D eigenvalue weighted by Crippen LogP contribution is 2.21.